The quantitative estimate of drug-likeness (QED) is 0.404. The molecule has 1 heterocycles. The average Bonchev–Trinajstić information content (AvgIpc) is 2.56. The second-order valence-electron chi connectivity index (χ2n) is 6.31. The zero-order chi connectivity index (χ0) is 21.1. The van der Waals surface area contributed by atoms with E-state index in [0.29, 0.717) is 11.1 Å². The molecule has 1 aromatic rings. The molecule has 1 aliphatic heterocycles. The zero-order valence-electron chi connectivity index (χ0n) is 15.2. The van der Waals surface area contributed by atoms with Gasteiger partial charge >= 0.3 is 12.3 Å². The Bertz CT molecular complexity index is 794. The van der Waals surface area contributed by atoms with Gasteiger partial charge in [0.1, 0.15) is 25.1 Å². The van der Waals surface area contributed by atoms with Crippen molar-refractivity contribution in [3.8, 4) is 5.75 Å². The number of nitrogens with zero attached hydrogens (tertiary/aromatic N) is 1. The summed E-state index contributed by atoms with van der Waals surface area (Å²) in [6, 6.07) is 3.34. The van der Waals surface area contributed by atoms with Gasteiger partial charge < -0.3 is 19.0 Å². The molecule has 1 unspecified atom stereocenters. The number of carbonyl (C=O) groups excluding carboxylic acids is 1. The minimum Gasteiger partial charge on any atom is -0.469 e. The van der Waals surface area contributed by atoms with Gasteiger partial charge in [-0.3, -0.25) is 0 Å². The number of hydrogen-bond acceptors (Lipinski definition) is 7. The van der Waals surface area contributed by atoms with Gasteiger partial charge in [0.05, 0.1) is 0 Å². The molecule has 11 heteroatoms. The van der Waals surface area contributed by atoms with E-state index in [0.717, 1.165) is 11.6 Å². The third-order valence-corrected chi connectivity index (χ3v) is 3.85. The Labute approximate surface area is 157 Å². The van der Waals surface area contributed by atoms with Crippen LogP contribution in [0.25, 0.3) is 6.08 Å². The summed E-state index contributed by atoms with van der Waals surface area (Å²) >= 11 is 0. The summed E-state index contributed by atoms with van der Waals surface area (Å²) in [7, 11) is 0. The Morgan fingerprint density at radius 1 is 1.32 bits per heavy atom. The van der Waals surface area contributed by atoms with E-state index in [9.17, 15) is 28.1 Å². The van der Waals surface area contributed by atoms with Crippen molar-refractivity contribution in [3.63, 3.8) is 0 Å². The van der Waals surface area contributed by atoms with Crippen LogP contribution in [0, 0.1) is 24.0 Å². The molecule has 0 saturated heterocycles. The Hall–Kier alpha value is -2.98. The van der Waals surface area contributed by atoms with E-state index >= 15 is 0 Å². The molecule has 1 aromatic carbocycles. The lowest BCUT2D eigenvalue weighted by Crippen LogP contribution is -2.54. The topological polar surface area (TPSA) is 97.1 Å². The predicted octanol–water partition coefficient (Wildman–Crippen LogP) is 3.76. The van der Waals surface area contributed by atoms with Crippen LogP contribution in [0.3, 0.4) is 0 Å². The van der Waals surface area contributed by atoms with Crippen LogP contribution >= 0.6 is 0 Å². The number of carbonyl (C=O) groups is 1. The first-order valence-electron chi connectivity index (χ1n) is 8.10. The first kappa shape index (κ1) is 21.3. The first-order chi connectivity index (χ1) is 12.9. The fourth-order valence-corrected chi connectivity index (χ4v) is 2.57. The number of alkyl halides is 3. The molecule has 1 aliphatic rings. The summed E-state index contributed by atoms with van der Waals surface area (Å²) in [4.78, 5) is 25.8. The van der Waals surface area contributed by atoms with Crippen LogP contribution in [-0.4, -0.2) is 42.3 Å². The van der Waals surface area contributed by atoms with Crippen molar-refractivity contribution >= 4 is 12.2 Å². The molecular formula is C17H18F3NO7. The van der Waals surface area contributed by atoms with E-state index in [1.807, 2.05) is 0 Å². The molecule has 0 aliphatic carbocycles. The number of rotatable bonds is 6. The van der Waals surface area contributed by atoms with Crippen molar-refractivity contribution in [2.75, 3.05) is 13.2 Å². The molecule has 0 spiro atoms. The molecule has 28 heavy (non-hydrogen) atoms. The molecule has 8 nitrogen and oxygen atoms in total. The van der Waals surface area contributed by atoms with Crippen LogP contribution in [0.2, 0.25) is 0 Å². The molecule has 154 valence electrons. The van der Waals surface area contributed by atoms with Gasteiger partial charge in [-0.2, -0.15) is 13.2 Å². The van der Waals surface area contributed by atoms with E-state index < -0.39 is 42.3 Å². The van der Waals surface area contributed by atoms with Crippen LogP contribution in [0.5, 0.6) is 5.75 Å². The van der Waals surface area contributed by atoms with Gasteiger partial charge in [-0.1, -0.05) is 17.7 Å². The Morgan fingerprint density at radius 2 is 2.00 bits per heavy atom. The van der Waals surface area contributed by atoms with E-state index in [1.54, 1.807) is 26.0 Å². The molecule has 0 radical (unpaired) electrons. The highest BCUT2D eigenvalue weighted by Crippen LogP contribution is 2.43. The highest BCUT2D eigenvalue weighted by Gasteiger charge is 2.58. The van der Waals surface area contributed by atoms with E-state index in [-0.39, 0.29) is 5.75 Å². The fraction of sp³-hybridized carbons (Fsp3) is 0.471. The number of aryl methyl sites for hydroxylation is 2. The number of benzene rings is 1. The van der Waals surface area contributed by atoms with E-state index in [1.165, 1.54) is 13.0 Å². The fourth-order valence-electron chi connectivity index (χ4n) is 2.57. The molecule has 0 fully saturated rings. The minimum absolute atomic E-state index is 0.0374. The molecule has 0 amide bonds. The SMILES string of the molecule is Cc1cc(C)c2c(c1)C=C[C@](COC(=O)OCC(C)O[N+](=O)[O-])(C(F)(F)F)O2. The van der Waals surface area contributed by atoms with Crippen LogP contribution in [-0.2, 0) is 14.3 Å². The minimum atomic E-state index is -4.89. The molecule has 0 bridgehead atoms. The summed E-state index contributed by atoms with van der Waals surface area (Å²) in [6.07, 6.45) is -5.40. The maximum Gasteiger partial charge on any atom is 0.508 e. The lowest BCUT2D eigenvalue weighted by Gasteiger charge is -2.36. The van der Waals surface area contributed by atoms with Crippen LogP contribution < -0.4 is 4.74 Å². The maximum absolute atomic E-state index is 13.7. The zero-order valence-corrected chi connectivity index (χ0v) is 15.2. The van der Waals surface area contributed by atoms with Gasteiger partial charge in [0.15, 0.2) is 0 Å². The largest absolute Gasteiger partial charge is 0.508 e. The smallest absolute Gasteiger partial charge is 0.469 e. The van der Waals surface area contributed by atoms with Crippen molar-refractivity contribution in [3.05, 3.63) is 45.0 Å². The third-order valence-electron chi connectivity index (χ3n) is 3.85. The van der Waals surface area contributed by atoms with Gasteiger partial charge in [0.25, 0.3) is 10.7 Å². The van der Waals surface area contributed by atoms with Gasteiger partial charge in [-0.25, -0.2) is 4.79 Å². The summed E-state index contributed by atoms with van der Waals surface area (Å²) in [5.74, 6) is 0.0374. The number of ether oxygens (including phenoxy) is 3. The summed E-state index contributed by atoms with van der Waals surface area (Å²) < 4.78 is 55.4. The number of hydrogen-bond donors (Lipinski definition) is 0. The number of halogens is 3. The van der Waals surface area contributed by atoms with E-state index in [4.69, 9.17) is 4.74 Å². The first-order valence-corrected chi connectivity index (χ1v) is 8.10. The van der Waals surface area contributed by atoms with E-state index in [2.05, 4.69) is 14.3 Å². The molecular weight excluding hydrogens is 387 g/mol. The Balaban J connectivity index is 2.10. The second-order valence-corrected chi connectivity index (χ2v) is 6.31. The van der Waals surface area contributed by atoms with Crippen molar-refractivity contribution in [1.82, 2.24) is 0 Å². The number of fused-ring (bicyclic) bond motifs is 1. The maximum atomic E-state index is 13.7. The van der Waals surface area contributed by atoms with Gasteiger partial charge in [-0.05, 0) is 38.5 Å². The molecule has 0 N–H and O–H groups in total. The Kier molecular flexibility index (Phi) is 6.05. The molecule has 2 rings (SSSR count). The van der Waals surface area contributed by atoms with Crippen LogP contribution in [0.4, 0.5) is 18.0 Å². The standard InChI is InChI=1S/C17H18F3NO7/c1-10-6-11(2)14-13(7-10)4-5-16(27-14,17(18,19)20)9-26-15(22)25-8-12(3)28-21(23)24/h4-7,12H,8-9H2,1-3H3/t12?,16-/m0/s1. The summed E-state index contributed by atoms with van der Waals surface area (Å²) in [6.45, 7) is 2.88. The second kappa shape index (κ2) is 7.95. The van der Waals surface area contributed by atoms with Crippen LogP contribution in [0.15, 0.2) is 18.2 Å². The van der Waals surface area contributed by atoms with Crippen LogP contribution in [0.1, 0.15) is 23.6 Å². The van der Waals surface area contributed by atoms with Crippen molar-refractivity contribution in [1.29, 1.82) is 0 Å². The normalized spacial score (nSPS) is 19.2. The molecule has 2 atom stereocenters. The van der Waals surface area contributed by atoms with Gasteiger partial charge in [0, 0.05) is 5.56 Å². The lowest BCUT2D eigenvalue weighted by atomic mass is 9.95. The highest BCUT2D eigenvalue weighted by atomic mass is 19.4. The highest BCUT2D eigenvalue weighted by molar-refractivity contribution is 5.65. The summed E-state index contributed by atoms with van der Waals surface area (Å²) in [5.41, 5.74) is -1.05. The Morgan fingerprint density at radius 3 is 2.61 bits per heavy atom. The predicted molar refractivity (Wildman–Crippen MR) is 89.2 cm³/mol. The van der Waals surface area contributed by atoms with Gasteiger partial charge in [0.2, 0.25) is 0 Å². The van der Waals surface area contributed by atoms with Crippen molar-refractivity contribution in [2.24, 2.45) is 0 Å². The third kappa shape index (κ3) is 4.84. The molecule has 0 aromatic heterocycles. The average molecular weight is 405 g/mol. The lowest BCUT2D eigenvalue weighted by molar-refractivity contribution is -0.767. The van der Waals surface area contributed by atoms with Gasteiger partial charge in [-0.15, -0.1) is 10.1 Å². The summed E-state index contributed by atoms with van der Waals surface area (Å²) in [5, 5.41) is 9.07. The monoisotopic (exact) mass is 405 g/mol. The molecule has 0 saturated carbocycles. The van der Waals surface area contributed by atoms with Crippen molar-refractivity contribution in [2.45, 2.75) is 38.7 Å². The van der Waals surface area contributed by atoms with Crippen molar-refractivity contribution < 1.29 is 42.1 Å².